The topological polar surface area (TPSA) is 60.0 Å². The largest absolute Gasteiger partial charge is 0.494 e. The van der Waals surface area contributed by atoms with Crippen LogP contribution >= 0.6 is 0 Å². The van der Waals surface area contributed by atoms with Crippen LogP contribution in [0.4, 0.5) is 5.69 Å². The molecule has 4 heterocycles. The van der Waals surface area contributed by atoms with Gasteiger partial charge in [-0.05, 0) is 70.7 Å². The summed E-state index contributed by atoms with van der Waals surface area (Å²) in [5, 5.41) is 3.14. The molecule has 0 aliphatic carbocycles. The number of ether oxygens (including phenoxy) is 1. The smallest absolute Gasteiger partial charge is 0.399 e. The second kappa shape index (κ2) is 6.05. The summed E-state index contributed by atoms with van der Waals surface area (Å²) in [4.78, 5) is 15.5. The number of anilines is 1. The summed E-state index contributed by atoms with van der Waals surface area (Å²) in [6, 6.07) is 6.74. The third-order valence-electron chi connectivity index (χ3n) is 7.56. The van der Waals surface area contributed by atoms with Gasteiger partial charge in [0.15, 0.2) is 0 Å². The molecule has 28 heavy (non-hydrogen) atoms. The molecule has 3 fully saturated rings. The molecule has 1 aromatic carbocycles. The van der Waals surface area contributed by atoms with Crippen molar-refractivity contribution in [2.75, 3.05) is 31.6 Å². The van der Waals surface area contributed by atoms with Gasteiger partial charge in [-0.2, -0.15) is 0 Å². The Balaban J connectivity index is 1.38. The van der Waals surface area contributed by atoms with Gasteiger partial charge in [0.1, 0.15) is 0 Å². The maximum Gasteiger partial charge on any atom is 0.494 e. The van der Waals surface area contributed by atoms with Gasteiger partial charge in [0.05, 0.1) is 35.9 Å². The first-order valence-electron chi connectivity index (χ1n) is 10.4. The van der Waals surface area contributed by atoms with Gasteiger partial charge in [-0.3, -0.25) is 9.69 Å². The molecule has 4 aliphatic heterocycles. The molecule has 150 valence electrons. The monoisotopic (exact) mass is 384 g/mol. The zero-order valence-electron chi connectivity index (χ0n) is 17.2. The SMILES string of the molecule is CC1(C)OB(c2ccc3c(c2)NC(=O)C32CCN(C3COC3)CC2)OC1(C)C. The van der Waals surface area contributed by atoms with Gasteiger partial charge in [-0.15, -0.1) is 0 Å². The number of fused-ring (bicyclic) bond motifs is 2. The maximum absolute atomic E-state index is 13.0. The first-order chi connectivity index (χ1) is 13.2. The van der Waals surface area contributed by atoms with Gasteiger partial charge in [0, 0.05) is 5.69 Å². The molecule has 1 spiro atoms. The fraction of sp³-hybridized carbons (Fsp3) is 0.667. The summed E-state index contributed by atoms with van der Waals surface area (Å²) in [6.45, 7) is 11.8. The molecule has 0 unspecified atom stereocenters. The molecular weight excluding hydrogens is 355 g/mol. The Bertz CT molecular complexity index is 797. The lowest BCUT2D eigenvalue weighted by Gasteiger charge is -2.44. The van der Waals surface area contributed by atoms with Crippen molar-refractivity contribution in [2.24, 2.45) is 0 Å². The highest BCUT2D eigenvalue weighted by molar-refractivity contribution is 6.62. The Hall–Kier alpha value is -1.41. The minimum Gasteiger partial charge on any atom is -0.399 e. The molecule has 0 aromatic heterocycles. The number of hydrogen-bond acceptors (Lipinski definition) is 5. The molecule has 0 bridgehead atoms. The molecule has 0 atom stereocenters. The van der Waals surface area contributed by atoms with Gasteiger partial charge in [0.2, 0.25) is 5.91 Å². The van der Waals surface area contributed by atoms with Crippen LogP contribution < -0.4 is 10.8 Å². The number of nitrogens with one attached hydrogen (secondary N) is 1. The quantitative estimate of drug-likeness (QED) is 0.787. The van der Waals surface area contributed by atoms with E-state index in [0.717, 1.165) is 55.9 Å². The van der Waals surface area contributed by atoms with Crippen LogP contribution in [0.15, 0.2) is 18.2 Å². The molecule has 4 aliphatic rings. The van der Waals surface area contributed by atoms with Crippen LogP contribution in [-0.4, -0.2) is 61.5 Å². The van der Waals surface area contributed by atoms with E-state index in [1.54, 1.807) is 0 Å². The van der Waals surface area contributed by atoms with Crippen LogP contribution in [-0.2, 0) is 24.3 Å². The number of hydrogen-bond donors (Lipinski definition) is 1. The average molecular weight is 384 g/mol. The Kier molecular flexibility index (Phi) is 4.02. The van der Waals surface area contributed by atoms with E-state index >= 15 is 0 Å². The number of carbonyl (C=O) groups is 1. The normalized spacial score (nSPS) is 28.3. The van der Waals surface area contributed by atoms with Crippen LogP contribution in [0, 0.1) is 0 Å². The average Bonchev–Trinajstić information content (AvgIpc) is 2.98. The highest BCUT2D eigenvalue weighted by Gasteiger charge is 2.53. The van der Waals surface area contributed by atoms with E-state index in [4.69, 9.17) is 14.0 Å². The van der Waals surface area contributed by atoms with Crippen molar-refractivity contribution in [1.29, 1.82) is 0 Å². The van der Waals surface area contributed by atoms with E-state index in [-0.39, 0.29) is 17.1 Å². The zero-order valence-corrected chi connectivity index (χ0v) is 17.2. The second-order valence-corrected chi connectivity index (χ2v) is 9.66. The summed E-state index contributed by atoms with van der Waals surface area (Å²) in [6.07, 6.45) is 1.72. The standard InChI is InChI=1S/C21H29BN2O4/c1-19(2)20(3,4)28-22(27-19)14-5-6-16-17(11-14)23-18(25)21(16)7-9-24(10-8-21)15-12-26-13-15/h5-6,11,15H,7-10,12-13H2,1-4H3,(H,23,25). The number of nitrogens with zero attached hydrogens (tertiary/aromatic N) is 1. The van der Waals surface area contributed by atoms with Crippen LogP contribution in [0.25, 0.3) is 0 Å². The van der Waals surface area contributed by atoms with E-state index in [0.29, 0.717) is 6.04 Å². The lowest BCUT2D eigenvalue weighted by molar-refractivity contribution is -0.124. The number of amides is 1. The first-order valence-corrected chi connectivity index (χ1v) is 10.4. The predicted molar refractivity (Wildman–Crippen MR) is 108 cm³/mol. The van der Waals surface area contributed by atoms with Crippen molar-refractivity contribution in [3.63, 3.8) is 0 Å². The number of piperidine rings is 1. The van der Waals surface area contributed by atoms with E-state index in [2.05, 4.69) is 50.0 Å². The molecule has 7 heteroatoms. The molecule has 1 aromatic rings. The Morgan fingerprint density at radius 1 is 1.07 bits per heavy atom. The zero-order chi connectivity index (χ0) is 19.7. The summed E-state index contributed by atoms with van der Waals surface area (Å²) >= 11 is 0. The van der Waals surface area contributed by atoms with Crippen molar-refractivity contribution in [3.05, 3.63) is 23.8 Å². The van der Waals surface area contributed by atoms with Gasteiger partial charge < -0.3 is 19.4 Å². The third-order valence-corrected chi connectivity index (χ3v) is 7.56. The van der Waals surface area contributed by atoms with Crippen molar-refractivity contribution in [2.45, 2.75) is 63.2 Å². The van der Waals surface area contributed by atoms with Gasteiger partial charge in [-0.25, -0.2) is 0 Å². The van der Waals surface area contributed by atoms with E-state index in [1.165, 1.54) is 0 Å². The predicted octanol–water partition coefficient (Wildman–Crippen LogP) is 1.67. The maximum atomic E-state index is 13.0. The molecule has 3 saturated heterocycles. The third kappa shape index (κ3) is 2.60. The van der Waals surface area contributed by atoms with Crippen LogP contribution in [0.3, 0.4) is 0 Å². The Morgan fingerprint density at radius 2 is 1.71 bits per heavy atom. The van der Waals surface area contributed by atoms with Crippen molar-refractivity contribution < 1.29 is 18.8 Å². The Labute approximate surface area is 167 Å². The summed E-state index contributed by atoms with van der Waals surface area (Å²) in [7, 11) is -0.413. The molecule has 6 nitrogen and oxygen atoms in total. The van der Waals surface area contributed by atoms with E-state index in [1.807, 2.05) is 6.07 Å². The van der Waals surface area contributed by atoms with Gasteiger partial charge in [0.25, 0.3) is 0 Å². The number of benzene rings is 1. The lowest BCUT2D eigenvalue weighted by Crippen LogP contribution is -2.55. The van der Waals surface area contributed by atoms with Crippen LogP contribution in [0.5, 0.6) is 0 Å². The van der Waals surface area contributed by atoms with Crippen molar-refractivity contribution >= 4 is 24.2 Å². The molecule has 5 rings (SSSR count). The van der Waals surface area contributed by atoms with Crippen LogP contribution in [0.1, 0.15) is 46.1 Å². The molecule has 1 N–H and O–H groups in total. The second-order valence-electron chi connectivity index (χ2n) is 9.66. The van der Waals surface area contributed by atoms with Gasteiger partial charge in [-0.1, -0.05) is 12.1 Å². The summed E-state index contributed by atoms with van der Waals surface area (Å²) in [5.41, 5.74) is 1.85. The highest BCUT2D eigenvalue weighted by atomic mass is 16.7. The summed E-state index contributed by atoms with van der Waals surface area (Å²) < 4.78 is 17.7. The van der Waals surface area contributed by atoms with E-state index in [9.17, 15) is 4.79 Å². The van der Waals surface area contributed by atoms with Crippen molar-refractivity contribution in [1.82, 2.24) is 4.90 Å². The minimum absolute atomic E-state index is 0.137. The molecular formula is C21H29BN2O4. The molecule has 0 saturated carbocycles. The fourth-order valence-corrected chi connectivity index (χ4v) is 4.77. The Morgan fingerprint density at radius 3 is 2.29 bits per heavy atom. The number of likely N-dealkylation sites (tertiary alicyclic amines) is 1. The molecule has 1 amide bonds. The molecule has 0 radical (unpaired) electrons. The van der Waals surface area contributed by atoms with Crippen LogP contribution in [0.2, 0.25) is 0 Å². The fourth-order valence-electron chi connectivity index (χ4n) is 4.77. The summed E-state index contributed by atoms with van der Waals surface area (Å²) in [5.74, 6) is 0.137. The lowest BCUT2D eigenvalue weighted by atomic mass is 9.71. The number of carbonyl (C=O) groups excluding carboxylic acids is 1. The van der Waals surface area contributed by atoms with Gasteiger partial charge >= 0.3 is 7.12 Å². The minimum atomic E-state index is -0.413. The first kappa shape index (κ1) is 18.6. The van der Waals surface area contributed by atoms with Crippen molar-refractivity contribution in [3.8, 4) is 0 Å². The van der Waals surface area contributed by atoms with E-state index < -0.39 is 12.5 Å². The highest BCUT2D eigenvalue weighted by Crippen LogP contribution is 2.45. The number of rotatable bonds is 2.